The molecule has 0 bridgehead atoms. The fraction of sp³-hybridized carbons (Fsp3) is 0.845. The topological polar surface area (TPSA) is 69.6 Å². The van der Waals surface area contributed by atoms with E-state index < -0.39 is 12.1 Å². The molecule has 0 aliphatic carbocycles. The molecular formula is C71H133NO3. The highest BCUT2D eigenvalue weighted by atomic mass is 16.3. The zero-order chi connectivity index (χ0) is 54.1. The third-order valence-corrected chi connectivity index (χ3v) is 15.8. The molecule has 0 radical (unpaired) electrons. The van der Waals surface area contributed by atoms with Gasteiger partial charge in [-0.2, -0.15) is 0 Å². The van der Waals surface area contributed by atoms with Gasteiger partial charge in [0.2, 0.25) is 5.91 Å². The third kappa shape index (κ3) is 62.8. The SMILES string of the molecule is CC/C=C\C/C=C\C/C=C\C/C=C\C/C=C\CCCCCCCCCCCCCCCCCCCCCCCCCCCC(=O)NC(CO)C(O)CCCCCCCCCCCCCCCCCCCCCCCC. The normalized spacial score (nSPS) is 13.1. The highest BCUT2D eigenvalue weighted by Crippen LogP contribution is 2.19. The molecule has 2 unspecified atom stereocenters. The molecule has 4 heteroatoms. The summed E-state index contributed by atoms with van der Waals surface area (Å²) < 4.78 is 0. The Morgan fingerprint density at radius 2 is 0.587 bits per heavy atom. The molecule has 0 aliphatic rings. The number of unbranched alkanes of at least 4 members (excludes halogenated alkanes) is 46. The van der Waals surface area contributed by atoms with Crippen LogP contribution in [0.15, 0.2) is 60.8 Å². The quantitative estimate of drug-likeness (QED) is 0.0420. The Balaban J connectivity index is 3.38. The number of nitrogens with one attached hydrogen (secondary N) is 1. The van der Waals surface area contributed by atoms with E-state index in [9.17, 15) is 15.0 Å². The van der Waals surface area contributed by atoms with Crippen LogP contribution in [0.1, 0.15) is 367 Å². The van der Waals surface area contributed by atoms with Crippen LogP contribution in [0, 0.1) is 0 Å². The summed E-state index contributed by atoms with van der Waals surface area (Å²) in [6.07, 6.45) is 94.1. The van der Waals surface area contributed by atoms with Gasteiger partial charge in [-0.15, -0.1) is 0 Å². The Morgan fingerprint density at radius 3 is 0.880 bits per heavy atom. The second kappa shape index (κ2) is 66.4. The highest BCUT2D eigenvalue weighted by molar-refractivity contribution is 5.76. The summed E-state index contributed by atoms with van der Waals surface area (Å²) in [7, 11) is 0. The predicted molar refractivity (Wildman–Crippen MR) is 336 cm³/mol. The van der Waals surface area contributed by atoms with Gasteiger partial charge in [0.25, 0.3) is 0 Å². The molecule has 75 heavy (non-hydrogen) atoms. The lowest BCUT2D eigenvalue weighted by molar-refractivity contribution is -0.123. The van der Waals surface area contributed by atoms with Crippen molar-refractivity contribution in [2.24, 2.45) is 0 Å². The van der Waals surface area contributed by atoms with Crippen LogP contribution >= 0.6 is 0 Å². The van der Waals surface area contributed by atoms with Crippen molar-refractivity contribution >= 4 is 5.91 Å². The van der Waals surface area contributed by atoms with Gasteiger partial charge in [-0.3, -0.25) is 4.79 Å². The van der Waals surface area contributed by atoms with E-state index in [1.165, 1.54) is 283 Å². The molecule has 3 N–H and O–H groups in total. The Kier molecular flexibility index (Phi) is 64.7. The number of hydrogen-bond acceptors (Lipinski definition) is 3. The van der Waals surface area contributed by atoms with Crippen LogP contribution in [0.5, 0.6) is 0 Å². The molecule has 0 aromatic heterocycles. The first-order valence-electron chi connectivity index (χ1n) is 34.0. The Bertz CT molecular complexity index is 1230. The van der Waals surface area contributed by atoms with Gasteiger partial charge in [0.1, 0.15) is 0 Å². The average molecular weight is 1050 g/mol. The van der Waals surface area contributed by atoms with Crippen molar-refractivity contribution in [3.05, 3.63) is 60.8 Å². The van der Waals surface area contributed by atoms with Crippen molar-refractivity contribution in [1.82, 2.24) is 5.32 Å². The van der Waals surface area contributed by atoms with Crippen molar-refractivity contribution in [2.75, 3.05) is 6.61 Å². The Labute approximate surface area is 470 Å². The molecule has 0 fully saturated rings. The zero-order valence-corrected chi connectivity index (χ0v) is 50.8. The third-order valence-electron chi connectivity index (χ3n) is 15.8. The molecule has 0 heterocycles. The minimum Gasteiger partial charge on any atom is -0.394 e. The van der Waals surface area contributed by atoms with Gasteiger partial charge in [0.15, 0.2) is 0 Å². The molecule has 0 saturated heterocycles. The second-order valence-electron chi connectivity index (χ2n) is 23.2. The highest BCUT2D eigenvalue weighted by Gasteiger charge is 2.20. The largest absolute Gasteiger partial charge is 0.394 e. The monoisotopic (exact) mass is 1050 g/mol. The lowest BCUT2D eigenvalue weighted by Gasteiger charge is -2.22. The van der Waals surface area contributed by atoms with E-state index in [1.807, 2.05) is 0 Å². The van der Waals surface area contributed by atoms with Crippen molar-refractivity contribution in [2.45, 2.75) is 379 Å². The van der Waals surface area contributed by atoms with E-state index in [0.29, 0.717) is 12.8 Å². The summed E-state index contributed by atoms with van der Waals surface area (Å²) in [5, 5.41) is 23.4. The number of hydrogen-bond donors (Lipinski definition) is 3. The molecule has 440 valence electrons. The minimum atomic E-state index is -0.660. The summed E-state index contributed by atoms with van der Waals surface area (Å²) in [4.78, 5) is 12.5. The number of aliphatic hydroxyl groups excluding tert-OH is 2. The second-order valence-corrected chi connectivity index (χ2v) is 23.2. The van der Waals surface area contributed by atoms with Gasteiger partial charge >= 0.3 is 0 Å². The van der Waals surface area contributed by atoms with Gasteiger partial charge < -0.3 is 15.5 Å². The van der Waals surface area contributed by atoms with Crippen molar-refractivity contribution in [3.8, 4) is 0 Å². The predicted octanol–water partition coefficient (Wildman–Crippen LogP) is 23.1. The maximum Gasteiger partial charge on any atom is 0.220 e. The Hall–Kier alpha value is -1.91. The van der Waals surface area contributed by atoms with Crippen LogP contribution in [0.4, 0.5) is 0 Å². The number of amides is 1. The molecule has 4 nitrogen and oxygen atoms in total. The van der Waals surface area contributed by atoms with E-state index in [-0.39, 0.29) is 12.5 Å². The van der Waals surface area contributed by atoms with Gasteiger partial charge in [-0.25, -0.2) is 0 Å². The van der Waals surface area contributed by atoms with Gasteiger partial charge in [0, 0.05) is 6.42 Å². The first kappa shape index (κ1) is 73.1. The molecule has 0 aromatic carbocycles. The summed E-state index contributed by atoms with van der Waals surface area (Å²) in [6.45, 7) is 4.28. The molecule has 0 aromatic rings. The van der Waals surface area contributed by atoms with E-state index >= 15 is 0 Å². The van der Waals surface area contributed by atoms with Crippen molar-refractivity contribution < 1.29 is 15.0 Å². The van der Waals surface area contributed by atoms with E-state index in [4.69, 9.17) is 0 Å². The summed E-state index contributed by atoms with van der Waals surface area (Å²) in [5.41, 5.74) is 0. The summed E-state index contributed by atoms with van der Waals surface area (Å²) in [6, 6.07) is -0.536. The van der Waals surface area contributed by atoms with Gasteiger partial charge in [-0.05, 0) is 57.8 Å². The smallest absolute Gasteiger partial charge is 0.220 e. The lowest BCUT2D eigenvalue weighted by atomic mass is 10.0. The lowest BCUT2D eigenvalue weighted by Crippen LogP contribution is -2.45. The van der Waals surface area contributed by atoms with Gasteiger partial charge in [-0.1, -0.05) is 364 Å². The van der Waals surface area contributed by atoms with Crippen LogP contribution in [0.25, 0.3) is 0 Å². The number of allylic oxidation sites excluding steroid dienone is 10. The van der Waals surface area contributed by atoms with E-state index in [0.717, 1.165) is 57.8 Å². The fourth-order valence-corrected chi connectivity index (χ4v) is 10.7. The molecular weight excluding hydrogens is 915 g/mol. The minimum absolute atomic E-state index is 0.0236. The molecule has 0 rings (SSSR count). The number of aliphatic hydroxyl groups is 2. The van der Waals surface area contributed by atoms with Crippen LogP contribution in [0.2, 0.25) is 0 Å². The Morgan fingerprint density at radius 1 is 0.333 bits per heavy atom. The summed E-state index contributed by atoms with van der Waals surface area (Å²) >= 11 is 0. The number of carbonyl (C=O) groups is 1. The standard InChI is InChI=1S/C71H133NO3/c1-3-5-7-9-11-13-15-17-19-21-23-25-27-28-29-30-31-32-33-34-35-36-37-38-39-40-41-42-43-44-45-47-49-51-53-55-57-59-61-63-65-67-71(75)72-69(68-73)70(74)66-64-62-60-58-56-54-52-50-48-46-26-24-22-20-18-16-14-12-10-8-6-4-2/h5,7,11,13,17,19,23,25,28-29,69-70,73-74H,3-4,6,8-10,12,14-16,18,20-22,24,26-27,30-68H2,1-2H3,(H,72,75)/b7-5-,13-11-,19-17-,25-23-,29-28-. The maximum absolute atomic E-state index is 12.5. The first-order chi connectivity index (χ1) is 37.2. The number of carbonyl (C=O) groups excluding carboxylic acids is 1. The molecule has 0 spiro atoms. The zero-order valence-electron chi connectivity index (χ0n) is 50.8. The molecule has 2 atom stereocenters. The van der Waals surface area contributed by atoms with Crippen LogP contribution in [-0.2, 0) is 4.79 Å². The van der Waals surface area contributed by atoms with Crippen molar-refractivity contribution in [3.63, 3.8) is 0 Å². The molecule has 1 amide bonds. The maximum atomic E-state index is 12.5. The van der Waals surface area contributed by atoms with Crippen LogP contribution in [0.3, 0.4) is 0 Å². The molecule has 0 saturated carbocycles. The van der Waals surface area contributed by atoms with Crippen LogP contribution in [-0.4, -0.2) is 34.9 Å². The van der Waals surface area contributed by atoms with Crippen molar-refractivity contribution in [1.29, 1.82) is 0 Å². The van der Waals surface area contributed by atoms with E-state index in [2.05, 4.69) is 79.9 Å². The fourth-order valence-electron chi connectivity index (χ4n) is 10.7. The molecule has 0 aliphatic heterocycles. The van der Waals surface area contributed by atoms with Crippen LogP contribution < -0.4 is 5.32 Å². The van der Waals surface area contributed by atoms with Gasteiger partial charge in [0.05, 0.1) is 18.8 Å². The summed E-state index contributed by atoms with van der Waals surface area (Å²) in [5.74, 6) is -0.0236. The first-order valence-corrected chi connectivity index (χ1v) is 34.0. The average Bonchev–Trinajstić information content (AvgIpc) is 3.41. The number of rotatable bonds is 63. The van der Waals surface area contributed by atoms with E-state index in [1.54, 1.807) is 0 Å².